The number of nitrogens with two attached hydrogens (primary N) is 1. The number of amides is 1. The van der Waals surface area contributed by atoms with Crippen molar-refractivity contribution in [1.82, 2.24) is 15.3 Å². The maximum absolute atomic E-state index is 11.4. The van der Waals surface area contributed by atoms with Crippen molar-refractivity contribution < 1.29 is 4.79 Å². The summed E-state index contributed by atoms with van der Waals surface area (Å²) < 4.78 is 0. The first-order chi connectivity index (χ1) is 6.24. The summed E-state index contributed by atoms with van der Waals surface area (Å²) in [6, 6.07) is -0.0345. The van der Waals surface area contributed by atoms with Gasteiger partial charge in [0.1, 0.15) is 6.33 Å². The fraction of sp³-hybridized carbons (Fsp3) is 0.375. The molecule has 0 aromatic carbocycles. The molecule has 1 aromatic rings. The lowest BCUT2D eigenvalue weighted by Gasteiger charge is -2.10. The van der Waals surface area contributed by atoms with Crippen LogP contribution in [0.25, 0.3) is 0 Å². The first-order valence-electron chi connectivity index (χ1n) is 4.00. The summed E-state index contributed by atoms with van der Waals surface area (Å²) in [5.41, 5.74) is 5.80. The molecular weight excluding hydrogens is 168 g/mol. The van der Waals surface area contributed by atoms with E-state index in [4.69, 9.17) is 5.73 Å². The van der Waals surface area contributed by atoms with Crippen LogP contribution in [0.15, 0.2) is 18.7 Å². The summed E-state index contributed by atoms with van der Waals surface area (Å²) in [6.45, 7) is 2.25. The molecule has 1 aromatic heterocycles. The van der Waals surface area contributed by atoms with Crippen molar-refractivity contribution in [1.29, 1.82) is 0 Å². The van der Waals surface area contributed by atoms with Crippen LogP contribution in [0.5, 0.6) is 0 Å². The van der Waals surface area contributed by atoms with Gasteiger partial charge in [0.2, 0.25) is 0 Å². The summed E-state index contributed by atoms with van der Waals surface area (Å²) >= 11 is 0. The molecule has 1 heterocycles. The number of carbonyl (C=O) groups is 1. The van der Waals surface area contributed by atoms with Crippen LogP contribution in [0.1, 0.15) is 17.3 Å². The first kappa shape index (κ1) is 9.60. The molecule has 0 fully saturated rings. The molecule has 0 bridgehead atoms. The average Bonchev–Trinajstić information content (AvgIpc) is 2.19. The van der Waals surface area contributed by atoms with Gasteiger partial charge in [-0.05, 0) is 6.92 Å². The molecule has 0 aliphatic heterocycles. The standard InChI is InChI=1S/C8H12N4O/c1-6(2-9)12-8(13)7-3-10-5-11-4-7/h3-6H,2,9H2,1H3,(H,12,13). The molecule has 1 amide bonds. The average molecular weight is 180 g/mol. The number of nitrogens with one attached hydrogen (secondary N) is 1. The van der Waals surface area contributed by atoms with Crippen LogP contribution in [0.4, 0.5) is 0 Å². The van der Waals surface area contributed by atoms with Crippen molar-refractivity contribution in [3.8, 4) is 0 Å². The van der Waals surface area contributed by atoms with Crippen molar-refractivity contribution in [2.24, 2.45) is 5.73 Å². The molecular formula is C8H12N4O. The van der Waals surface area contributed by atoms with Crippen LogP contribution < -0.4 is 11.1 Å². The highest BCUT2D eigenvalue weighted by Crippen LogP contribution is 1.93. The van der Waals surface area contributed by atoms with E-state index in [1.54, 1.807) is 0 Å². The van der Waals surface area contributed by atoms with Gasteiger partial charge in [-0.2, -0.15) is 0 Å². The van der Waals surface area contributed by atoms with Crippen LogP contribution in [0.2, 0.25) is 0 Å². The Hall–Kier alpha value is -1.49. The van der Waals surface area contributed by atoms with Crippen LogP contribution >= 0.6 is 0 Å². The molecule has 1 atom stereocenters. The van der Waals surface area contributed by atoms with E-state index in [1.165, 1.54) is 18.7 Å². The minimum Gasteiger partial charge on any atom is -0.348 e. The molecule has 3 N–H and O–H groups in total. The second-order valence-corrected chi connectivity index (χ2v) is 2.74. The predicted molar refractivity (Wildman–Crippen MR) is 48.0 cm³/mol. The van der Waals surface area contributed by atoms with Gasteiger partial charge in [0.25, 0.3) is 5.91 Å². The topological polar surface area (TPSA) is 80.9 Å². The van der Waals surface area contributed by atoms with Gasteiger partial charge in [0.15, 0.2) is 0 Å². The second kappa shape index (κ2) is 4.51. The number of hydrogen-bond donors (Lipinski definition) is 2. The van der Waals surface area contributed by atoms with Gasteiger partial charge in [0.05, 0.1) is 5.56 Å². The van der Waals surface area contributed by atoms with E-state index in [9.17, 15) is 4.79 Å². The zero-order valence-electron chi connectivity index (χ0n) is 7.40. The Bertz CT molecular complexity index is 275. The summed E-state index contributed by atoms with van der Waals surface area (Å²) in [4.78, 5) is 18.8. The zero-order chi connectivity index (χ0) is 9.68. The maximum Gasteiger partial charge on any atom is 0.254 e. The summed E-state index contributed by atoms with van der Waals surface area (Å²) in [7, 11) is 0. The third kappa shape index (κ3) is 2.79. The maximum atomic E-state index is 11.4. The molecule has 5 nitrogen and oxygen atoms in total. The van der Waals surface area contributed by atoms with Gasteiger partial charge in [0, 0.05) is 25.0 Å². The monoisotopic (exact) mass is 180 g/mol. The lowest BCUT2D eigenvalue weighted by molar-refractivity contribution is 0.0940. The van der Waals surface area contributed by atoms with E-state index in [-0.39, 0.29) is 11.9 Å². The third-order valence-corrected chi connectivity index (χ3v) is 1.55. The number of carbonyl (C=O) groups excluding carboxylic acids is 1. The molecule has 0 saturated carbocycles. The highest BCUT2D eigenvalue weighted by atomic mass is 16.1. The molecule has 0 saturated heterocycles. The van der Waals surface area contributed by atoms with Gasteiger partial charge in [-0.15, -0.1) is 0 Å². The van der Waals surface area contributed by atoms with Crippen LogP contribution in [0, 0.1) is 0 Å². The van der Waals surface area contributed by atoms with Gasteiger partial charge >= 0.3 is 0 Å². The lowest BCUT2D eigenvalue weighted by Crippen LogP contribution is -2.37. The zero-order valence-corrected chi connectivity index (χ0v) is 7.40. The van der Waals surface area contributed by atoms with Crippen molar-refractivity contribution in [2.75, 3.05) is 6.54 Å². The van der Waals surface area contributed by atoms with E-state index in [0.29, 0.717) is 12.1 Å². The van der Waals surface area contributed by atoms with Gasteiger partial charge in [-0.3, -0.25) is 4.79 Å². The number of nitrogens with zero attached hydrogens (tertiary/aromatic N) is 2. The van der Waals surface area contributed by atoms with E-state index in [0.717, 1.165) is 0 Å². The second-order valence-electron chi connectivity index (χ2n) is 2.74. The molecule has 0 radical (unpaired) electrons. The summed E-state index contributed by atoms with van der Waals surface area (Å²) in [6.07, 6.45) is 4.31. The fourth-order valence-corrected chi connectivity index (χ4v) is 0.782. The van der Waals surface area contributed by atoms with E-state index < -0.39 is 0 Å². The third-order valence-electron chi connectivity index (χ3n) is 1.55. The Morgan fingerprint density at radius 2 is 2.23 bits per heavy atom. The molecule has 0 aliphatic rings. The molecule has 0 aliphatic carbocycles. The number of hydrogen-bond acceptors (Lipinski definition) is 4. The summed E-state index contributed by atoms with van der Waals surface area (Å²) in [5.74, 6) is -0.196. The summed E-state index contributed by atoms with van der Waals surface area (Å²) in [5, 5.41) is 2.70. The Balaban J connectivity index is 2.59. The SMILES string of the molecule is CC(CN)NC(=O)c1cncnc1. The minimum atomic E-state index is -0.196. The number of rotatable bonds is 3. The lowest BCUT2D eigenvalue weighted by atomic mass is 10.3. The quantitative estimate of drug-likeness (QED) is 0.660. The van der Waals surface area contributed by atoms with E-state index in [1.807, 2.05) is 6.92 Å². The van der Waals surface area contributed by atoms with Crippen LogP contribution in [-0.4, -0.2) is 28.5 Å². The highest BCUT2D eigenvalue weighted by molar-refractivity contribution is 5.93. The molecule has 13 heavy (non-hydrogen) atoms. The van der Waals surface area contributed by atoms with Gasteiger partial charge < -0.3 is 11.1 Å². The van der Waals surface area contributed by atoms with Crippen molar-refractivity contribution >= 4 is 5.91 Å². The van der Waals surface area contributed by atoms with Crippen molar-refractivity contribution in [3.05, 3.63) is 24.3 Å². The van der Waals surface area contributed by atoms with Gasteiger partial charge in [-0.1, -0.05) is 0 Å². The predicted octanol–water partition coefficient (Wildman–Crippen LogP) is -0.446. The molecule has 0 spiro atoms. The Kier molecular flexibility index (Phi) is 3.33. The smallest absolute Gasteiger partial charge is 0.254 e. The van der Waals surface area contributed by atoms with E-state index >= 15 is 0 Å². The largest absolute Gasteiger partial charge is 0.348 e. The Labute approximate surface area is 76.4 Å². The molecule has 1 rings (SSSR count). The van der Waals surface area contributed by atoms with Crippen molar-refractivity contribution in [2.45, 2.75) is 13.0 Å². The van der Waals surface area contributed by atoms with E-state index in [2.05, 4.69) is 15.3 Å². The minimum absolute atomic E-state index is 0.0345. The molecule has 70 valence electrons. The van der Waals surface area contributed by atoms with Crippen LogP contribution in [-0.2, 0) is 0 Å². The Morgan fingerprint density at radius 1 is 1.62 bits per heavy atom. The Morgan fingerprint density at radius 3 is 2.77 bits per heavy atom. The van der Waals surface area contributed by atoms with Gasteiger partial charge in [-0.25, -0.2) is 9.97 Å². The first-order valence-corrected chi connectivity index (χ1v) is 4.00. The highest BCUT2D eigenvalue weighted by Gasteiger charge is 2.07. The fourth-order valence-electron chi connectivity index (χ4n) is 0.782. The molecule has 1 unspecified atom stereocenters. The van der Waals surface area contributed by atoms with Crippen LogP contribution in [0.3, 0.4) is 0 Å². The van der Waals surface area contributed by atoms with Crippen molar-refractivity contribution in [3.63, 3.8) is 0 Å². The normalized spacial score (nSPS) is 12.2. The molecule has 5 heteroatoms. The number of aromatic nitrogens is 2.